The number of carbonyl (C=O) groups excluding carboxylic acids is 1. The molecule has 0 atom stereocenters. The van der Waals surface area contributed by atoms with E-state index < -0.39 is 10.0 Å². The highest BCUT2D eigenvalue weighted by molar-refractivity contribution is 7.89. The zero-order valence-corrected chi connectivity index (χ0v) is 11.6. The summed E-state index contributed by atoms with van der Waals surface area (Å²) < 4.78 is 27.9. The Balaban J connectivity index is 2.31. The summed E-state index contributed by atoms with van der Waals surface area (Å²) in [6.45, 7) is 1.68. The molecule has 2 N–H and O–H groups in total. The minimum absolute atomic E-state index is 0.0460. The molecule has 0 amide bonds. The van der Waals surface area contributed by atoms with Crippen LogP contribution in [0.15, 0.2) is 51.3 Å². The summed E-state index contributed by atoms with van der Waals surface area (Å²) in [5.41, 5.74) is 1.27. The van der Waals surface area contributed by atoms with Crippen molar-refractivity contribution in [3.63, 3.8) is 0 Å². The molecule has 0 aliphatic carbocycles. The van der Waals surface area contributed by atoms with Gasteiger partial charge < -0.3 is 4.42 Å². The zero-order chi connectivity index (χ0) is 14.8. The Morgan fingerprint density at radius 1 is 1.15 bits per heavy atom. The second-order valence-corrected chi connectivity index (χ2v) is 5.84. The molecule has 1 heterocycles. The molecule has 20 heavy (non-hydrogen) atoms. The number of rotatable bonds is 4. The van der Waals surface area contributed by atoms with Crippen LogP contribution < -0.4 is 5.14 Å². The van der Waals surface area contributed by atoms with Crippen LogP contribution in [0.4, 0.5) is 0 Å². The van der Waals surface area contributed by atoms with Gasteiger partial charge in [-0.15, -0.1) is 0 Å². The van der Waals surface area contributed by atoms with Crippen LogP contribution in [0.2, 0.25) is 0 Å². The molecule has 5 nitrogen and oxygen atoms in total. The number of aldehydes is 1. The Morgan fingerprint density at radius 2 is 1.80 bits per heavy atom. The van der Waals surface area contributed by atoms with Gasteiger partial charge in [-0.25, -0.2) is 13.6 Å². The molecule has 0 bridgehead atoms. The van der Waals surface area contributed by atoms with Gasteiger partial charge in [0.05, 0.1) is 4.90 Å². The minimum Gasteiger partial charge on any atom is -0.457 e. The van der Waals surface area contributed by atoms with Crippen LogP contribution >= 0.6 is 0 Å². The first kappa shape index (κ1) is 14.2. The van der Waals surface area contributed by atoms with Gasteiger partial charge in [0.25, 0.3) is 0 Å². The zero-order valence-electron chi connectivity index (χ0n) is 10.7. The van der Waals surface area contributed by atoms with Crippen LogP contribution in [0.5, 0.6) is 0 Å². The number of hydrogen-bond donors (Lipinski definition) is 1. The van der Waals surface area contributed by atoms with Crippen molar-refractivity contribution < 1.29 is 17.6 Å². The molecule has 1 aromatic heterocycles. The Morgan fingerprint density at radius 3 is 2.35 bits per heavy atom. The normalized spacial score (nSPS) is 12.4. The van der Waals surface area contributed by atoms with Gasteiger partial charge in [-0.1, -0.05) is 0 Å². The Bertz CT molecular complexity index is 755. The summed E-state index contributed by atoms with van der Waals surface area (Å²) >= 11 is 0. The molecule has 0 saturated carbocycles. The quantitative estimate of drug-likeness (QED) is 0.690. The standard InChI is InChI=1S/C14H13NO4S/c1-10(9-16)8-12-4-7-14(19-12)11-2-5-13(6-3-11)20(15,17)18/h2-9H,1H3,(H2,15,17,18). The molecular weight excluding hydrogens is 278 g/mol. The van der Waals surface area contributed by atoms with E-state index in [0.29, 0.717) is 17.1 Å². The van der Waals surface area contributed by atoms with E-state index in [4.69, 9.17) is 9.56 Å². The number of benzene rings is 1. The van der Waals surface area contributed by atoms with E-state index in [1.807, 2.05) is 0 Å². The van der Waals surface area contributed by atoms with Gasteiger partial charge in [0, 0.05) is 5.56 Å². The maximum atomic E-state index is 11.2. The first-order chi connectivity index (χ1) is 9.40. The Kier molecular flexibility index (Phi) is 3.87. The smallest absolute Gasteiger partial charge is 0.238 e. The lowest BCUT2D eigenvalue weighted by Crippen LogP contribution is -2.11. The average Bonchev–Trinajstić information content (AvgIpc) is 2.86. The van der Waals surface area contributed by atoms with Gasteiger partial charge in [-0.2, -0.15) is 0 Å². The van der Waals surface area contributed by atoms with Crippen molar-refractivity contribution in [3.8, 4) is 11.3 Å². The molecule has 104 valence electrons. The van der Waals surface area contributed by atoms with Gasteiger partial charge in [0.15, 0.2) is 0 Å². The fraction of sp³-hybridized carbons (Fsp3) is 0.0714. The van der Waals surface area contributed by atoms with E-state index >= 15 is 0 Å². The fourth-order valence-corrected chi connectivity index (χ4v) is 2.17. The van der Waals surface area contributed by atoms with E-state index in [0.717, 1.165) is 11.8 Å². The predicted molar refractivity (Wildman–Crippen MR) is 75.2 cm³/mol. The molecule has 6 heteroatoms. The fourth-order valence-electron chi connectivity index (χ4n) is 1.65. The van der Waals surface area contributed by atoms with Crippen molar-refractivity contribution in [2.75, 3.05) is 0 Å². The molecule has 1 aromatic carbocycles. The number of allylic oxidation sites excluding steroid dienone is 1. The van der Waals surface area contributed by atoms with Gasteiger partial charge in [-0.05, 0) is 55.0 Å². The van der Waals surface area contributed by atoms with Gasteiger partial charge in [-0.3, -0.25) is 4.79 Å². The van der Waals surface area contributed by atoms with E-state index in [-0.39, 0.29) is 4.90 Å². The number of sulfonamides is 1. The highest BCUT2D eigenvalue weighted by Crippen LogP contribution is 2.24. The monoisotopic (exact) mass is 291 g/mol. The number of nitrogens with two attached hydrogens (primary N) is 1. The molecule has 0 spiro atoms. The van der Waals surface area contributed by atoms with Crippen molar-refractivity contribution in [1.29, 1.82) is 0 Å². The lowest BCUT2D eigenvalue weighted by atomic mass is 10.2. The first-order valence-corrected chi connectivity index (χ1v) is 7.31. The number of hydrogen-bond acceptors (Lipinski definition) is 4. The maximum absolute atomic E-state index is 11.2. The predicted octanol–water partition coefficient (Wildman–Crippen LogP) is 2.20. The van der Waals surface area contributed by atoms with Crippen molar-refractivity contribution in [3.05, 3.63) is 47.7 Å². The molecule has 0 fully saturated rings. The van der Waals surface area contributed by atoms with Crippen LogP contribution in [0.25, 0.3) is 17.4 Å². The molecule has 2 aromatic rings. The highest BCUT2D eigenvalue weighted by Gasteiger charge is 2.09. The second-order valence-electron chi connectivity index (χ2n) is 4.28. The molecule has 0 unspecified atom stereocenters. The first-order valence-electron chi connectivity index (χ1n) is 5.77. The average molecular weight is 291 g/mol. The summed E-state index contributed by atoms with van der Waals surface area (Å²) in [6.07, 6.45) is 2.36. The van der Waals surface area contributed by atoms with E-state index in [2.05, 4.69) is 0 Å². The minimum atomic E-state index is -3.69. The summed E-state index contributed by atoms with van der Waals surface area (Å²) in [5.74, 6) is 1.14. The summed E-state index contributed by atoms with van der Waals surface area (Å²) in [7, 11) is -3.69. The number of primary sulfonamides is 1. The van der Waals surface area contributed by atoms with Crippen LogP contribution in [-0.2, 0) is 14.8 Å². The van der Waals surface area contributed by atoms with Crippen molar-refractivity contribution in [2.24, 2.45) is 5.14 Å². The maximum Gasteiger partial charge on any atom is 0.238 e. The third-order valence-electron chi connectivity index (χ3n) is 2.65. The molecule has 0 aliphatic rings. The topological polar surface area (TPSA) is 90.4 Å². The lowest BCUT2D eigenvalue weighted by molar-refractivity contribution is -0.104. The Labute approximate surface area is 116 Å². The largest absolute Gasteiger partial charge is 0.457 e. The second kappa shape index (κ2) is 5.44. The van der Waals surface area contributed by atoms with Crippen molar-refractivity contribution >= 4 is 22.4 Å². The van der Waals surface area contributed by atoms with E-state index in [1.165, 1.54) is 12.1 Å². The highest BCUT2D eigenvalue weighted by atomic mass is 32.2. The van der Waals surface area contributed by atoms with E-state index in [1.54, 1.807) is 37.3 Å². The third-order valence-corrected chi connectivity index (χ3v) is 3.58. The third kappa shape index (κ3) is 3.23. The van der Waals surface area contributed by atoms with E-state index in [9.17, 15) is 13.2 Å². The molecule has 0 aliphatic heterocycles. The molecular formula is C14H13NO4S. The summed E-state index contributed by atoms with van der Waals surface area (Å²) in [6, 6.07) is 9.53. The Hall–Kier alpha value is -2.18. The summed E-state index contributed by atoms with van der Waals surface area (Å²) in [4.78, 5) is 10.6. The number of furan rings is 1. The van der Waals surface area contributed by atoms with Gasteiger partial charge >= 0.3 is 0 Å². The number of carbonyl (C=O) groups is 1. The molecule has 2 rings (SSSR count). The van der Waals surface area contributed by atoms with Crippen molar-refractivity contribution in [1.82, 2.24) is 0 Å². The van der Waals surface area contributed by atoms with Gasteiger partial charge in [0.2, 0.25) is 10.0 Å². The lowest BCUT2D eigenvalue weighted by Gasteiger charge is -2.00. The van der Waals surface area contributed by atoms with Crippen LogP contribution in [0, 0.1) is 0 Å². The van der Waals surface area contributed by atoms with Crippen LogP contribution in [0.1, 0.15) is 12.7 Å². The van der Waals surface area contributed by atoms with Gasteiger partial charge in [0.1, 0.15) is 17.8 Å². The summed E-state index contributed by atoms with van der Waals surface area (Å²) in [5, 5.41) is 5.03. The van der Waals surface area contributed by atoms with Crippen molar-refractivity contribution in [2.45, 2.75) is 11.8 Å². The SMILES string of the molecule is CC(C=O)=Cc1ccc(-c2ccc(S(N)(=O)=O)cc2)o1. The van der Waals surface area contributed by atoms with Crippen LogP contribution in [-0.4, -0.2) is 14.7 Å². The molecule has 0 radical (unpaired) electrons. The molecule has 0 saturated heterocycles. The van der Waals surface area contributed by atoms with Crippen LogP contribution in [0.3, 0.4) is 0 Å².